The van der Waals surface area contributed by atoms with E-state index in [-0.39, 0.29) is 47.5 Å². The Morgan fingerprint density at radius 2 is 1.45 bits per heavy atom. The number of nitro groups is 1. The van der Waals surface area contributed by atoms with Crippen LogP contribution in [0.2, 0.25) is 0 Å². The first-order valence-electron chi connectivity index (χ1n) is 15.4. The Morgan fingerprint density at radius 1 is 0.882 bits per heavy atom. The second-order valence-corrected chi connectivity index (χ2v) is 11.2. The van der Waals surface area contributed by atoms with Gasteiger partial charge in [-0.3, -0.25) is 10.1 Å². The van der Waals surface area contributed by atoms with Crippen molar-refractivity contribution in [3.8, 4) is 0 Å². The van der Waals surface area contributed by atoms with Gasteiger partial charge in [-0.15, -0.1) is 12.4 Å². The highest BCUT2D eigenvalue weighted by atomic mass is 35.5. The topological polar surface area (TPSA) is 146 Å². The number of nitrogens with zero attached hydrogens (tertiary/aromatic N) is 1. The fourth-order valence-electron chi connectivity index (χ4n) is 5.37. The first-order chi connectivity index (χ1) is 23.7. The minimum atomic E-state index is -4.34. The highest BCUT2D eigenvalue weighted by Gasteiger charge is 2.40. The predicted molar refractivity (Wildman–Crippen MR) is 185 cm³/mol. The molecule has 3 aromatic carbocycles. The number of esters is 3. The molecular weight excluding hydrogens is 695 g/mol. The fraction of sp³-hybridized carbons (Fsp3) is 0.306. The third-order valence-electron chi connectivity index (χ3n) is 7.65. The van der Waals surface area contributed by atoms with Crippen LogP contribution >= 0.6 is 12.4 Å². The first-order valence-corrected chi connectivity index (χ1v) is 15.4. The van der Waals surface area contributed by atoms with Crippen molar-refractivity contribution in [3.05, 3.63) is 134 Å². The third kappa shape index (κ3) is 11.4. The number of dihydropyridines is 1. The summed E-state index contributed by atoms with van der Waals surface area (Å²) >= 11 is 0. The Balaban J connectivity index is 0.000000347. The van der Waals surface area contributed by atoms with Crippen molar-refractivity contribution in [3.63, 3.8) is 0 Å². The maximum Gasteiger partial charge on any atom is 0.416 e. The van der Waals surface area contributed by atoms with Gasteiger partial charge in [0.1, 0.15) is 6.61 Å². The lowest BCUT2D eigenvalue weighted by Crippen LogP contribution is -2.32. The van der Waals surface area contributed by atoms with E-state index in [0.29, 0.717) is 35.5 Å². The number of hydrogen-bond acceptors (Lipinski definition) is 10. The molecule has 51 heavy (non-hydrogen) atoms. The van der Waals surface area contributed by atoms with Crippen LogP contribution in [0.5, 0.6) is 0 Å². The molecule has 4 rings (SSSR count). The maximum atomic E-state index is 12.7. The van der Waals surface area contributed by atoms with Crippen molar-refractivity contribution in [1.29, 1.82) is 0 Å². The van der Waals surface area contributed by atoms with Crippen LogP contribution in [0.4, 0.5) is 18.9 Å². The minimum Gasteiger partial charge on any atom is -0.466 e. The number of allylic oxidation sites excluding steroid dienone is 2. The lowest BCUT2D eigenvalue weighted by Gasteiger charge is -2.29. The number of ether oxygens (including phenoxy) is 3. The van der Waals surface area contributed by atoms with E-state index in [1.807, 2.05) is 13.0 Å². The van der Waals surface area contributed by atoms with E-state index in [1.54, 1.807) is 50.2 Å². The monoisotopic (exact) mass is 733 g/mol. The molecule has 0 aromatic heterocycles. The van der Waals surface area contributed by atoms with Gasteiger partial charge in [0.05, 0.1) is 47.3 Å². The first kappa shape index (κ1) is 42.0. The van der Waals surface area contributed by atoms with Crippen LogP contribution in [-0.2, 0) is 36.4 Å². The average Bonchev–Trinajstić information content (AvgIpc) is 3.09. The van der Waals surface area contributed by atoms with Crippen molar-refractivity contribution < 1.29 is 46.7 Å². The van der Waals surface area contributed by atoms with Crippen LogP contribution in [0.1, 0.15) is 53.7 Å². The molecule has 1 aliphatic heterocycles. The molecule has 0 aliphatic carbocycles. The zero-order chi connectivity index (χ0) is 37.0. The van der Waals surface area contributed by atoms with Crippen molar-refractivity contribution in [2.24, 2.45) is 0 Å². The molecular formula is C36H39ClF3N3O8. The number of methoxy groups -OCH3 is 2. The molecule has 15 heteroatoms. The molecule has 0 saturated heterocycles. The lowest BCUT2D eigenvalue weighted by molar-refractivity contribution is -0.385. The minimum absolute atomic E-state index is 0. The Bertz CT molecular complexity index is 1730. The van der Waals surface area contributed by atoms with Gasteiger partial charge in [0, 0.05) is 35.6 Å². The summed E-state index contributed by atoms with van der Waals surface area (Å²) in [7, 11) is 2.42. The summed E-state index contributed by atoms with van der Waals surface area (Å²) in [5.41, 5.74) is 1.64. The Hall–Kier alpha value is -5.21. The molecule has 3 aromatic rings. The van der Waals surface area contributed by atoms with Crippen LogP contribution in [0.15, 0.2) is 101 Å². The number of halogens is 4. The summed E-state index contributed by atoms with van der Waals surface area (Å²) < 4.78 is 52.9. The zero-order valence-electron chi connectivity index (χ0n) is 28.5. The smallest absolute Gasteiger partial charge is 0.416 e. The van der Waals surface area contributed by atoms with Crippen LogP contribution < -0.4 is 10.6 Å². The molecule has 0 fully saturated rings. The van der Waals surface area contributed by atoms with Crippen molar-refractivity contribution in [2.45, 2.75) is 45.3 Å². The molecule has 11 nitrogen and oxygen atoms in total. The van der Waals surface area contributed by atoms with Crippen molar-refractivity contribution in [1.82, 2.24) is 10.6 Å². The van der Waals surface area contributed by atoms with E-state index in [0.717, 1.165) is 12.1 Å². The number of rotatable bonds is 11. The van der Waals surface area contributed by atoms with Gasteiger partial charge < -0.3 is 24.8 Å². The summed E-state index contributed by atoms with van der Waals surface area (Å²) in [5.74, 6) is -2.72. The molecule has 0 radical (unpaired) electrons. The SMILES string of the molecule is CC(Cc1cccc(C(F)(F)F)c1)NCCOC(=O)c1ccccc1.COC(=O)C1=C(C)NC(C)=C(C(=O)OC)C1c1ccccc1[N+](=O)[O-].Cl. The number of carbonyl (C=O) groups excluding carboxylic acids is 3. The normalized spacial score (nSPS) is 13.5. The van der Waals surface area contributed by atoms with Crippen molar-refractivity contribution >= 4 is 36.0 Å². The Kier molecular flexibility index (Phi) is 15.8. The number of hydrogen-bond donors (Lipinski definition) is 2. The highest BCUT2D eigenvalue weighted by molar-refractivity contribution is 6.00. The predicted octanol–water partition coefficient (Wildman–Crippen LogP) is 6.68. The molecule has 0 saturated carbocycles. The van der Waals surface area contributed by atoms with Gasteiger partial charge in [0.2, 0.25) is 0 Å². The highest BCUT2D eigenvalue weighted by Crippen LogP contribution is 2.42. The largest absolute Gasteiger partial charge is 0.466 e. The molecule has 0 spiro atoms. The summed E-state index contributed by atoms with van der Waals surface area (Å²) in [6.45, 7) is 5.79. The van der Waals surface area contributed by atoms with Crippen LogP contribution in [0.25, 0.3) is 0 Å². The number of carbonyl (C=O) groups is 3. The van der Waals surface area contributed by atoms with Gasteiger partial charge in [-0.05, 0) is 51.0 Å². The molecule has 274 valence electrons. The standard InChI is InChI=1S/C19H20F3NO2.C17H18N2O6.ClH/c1-14(12-15-6-5-9-17(13-15)19(20,21)22)23-10-11-25-18(24)16-7-3-2-4-8-16;1-9-13(16(20)24-3)15(14(10(2)18-9)17(21)25-4)11-7-5-6-8-12(11)19(22)23;/h2-9,13-14,23H,10-12H2,1H3;5-8,15,18H,1-4H3;1H. The molecule has 0 bridgehead atoms. The van der Waals surface area contributed by atoms with E-state index in [2.05, 4.69) is 10.6 Å². The second kappa shape index (κ2) is 19.3. The van der Waals surface area contributed by atoms with Gasteiger partial charge in [-0.1, -0.05) is 54.6 Å². The molecule has 1 unspecified atom stereocenters. The number of alkyl halides is 3. The Morgan fingerprint density at radius 3 is 2.00 bits per heavy atom. The van der Waals surface area contributed by atoms with Gasteiger partial charge in [-0.2, -0.15) is 13.2 Å². The van der Waals surface area contributed by atoms with E-state index < -0.39 is 40.5 Å². The maximum absolute atomic E-state index is 12.7. The van der Waals surface area contributed by atoms with Crippen molar-refractivity contribution in [2.75, 3.05) is 27.4 Å². The number of benzene rings is 3. The number of nitrogens with one attached hydrogen (secondary N) is 2. The van der Waals surface area contributed by atoms with Gasteiger partial charge in [-0.25, -0.2) is 14.4 Å². The lowest BCUT2D eigenvalue weighted by atomic mass is 9.79. The van der Waals surface area contributed by atoms with Crippen LogP contribution in [0.3, 0.4) is 0 Å². The van der Waals surface area contributed by atoms with Gasteiger partial charge in [0.25, 0.3) is 5.69 Å². The molecule has 1 atom stereocenters. The van der Waals surface area contributed by atoms with Gasteiger partial charge >= 0.3 is 24.1 Å². The second-order valence-electron chi connectivity index (χ2n) is 11.2. The molecule has 0 amide bonds. The number of nitro benzene ring substituents is 1. The fourth-order valence-corrected chi connectivity index (χ4v) is 5.37. The quantitative estimate of drug-likeness (QED) is 0.0720. The molecule has 2 N–H and O–H groups in total. The van der Waals surface area contributed by atoms with E-state index in [4.69, 9.17) is 14.2 Å². The molecule has 1 heterocycles. The average molecular weight is 734 g/mol. The third-order valence-corrected chi connectivity index (χ3v) is 7.65. The summed E-state index contributed by atoms with van der Waals surface area (Å²) in [6, 6.07) is 19.9. The molecule has 1 aliphatic rings. The zero-order valence-corrected chi connectivity index (χ0v) is 29.4. The van der Waals surface area contributed by atoms with Crippen LogP contribution in [0, 0.1) is 10.1 Å². The number of para-hydroxylation sites is 1. The summed E-state index contributed by atoms with van der Waals surface area (Å²) in [5, 5.41) is 17.5. The van der Waals surface area contributed by atoms with Crippen LogP contribution in [-0.4, -0.2) is 56.2 Å². The van der Waals surface area contributed by atoms with E-state index >= 15 is 0 Å². The van der Waals surface area contributed by atoms with Gasteiger partial charge in [0.15, 0.2) is 0 Å². The van der Waals surface area contributed by atoms with E-state index in [9.17, 15) is 37.7 Å². The summed E-state index contributed by atoms with van der Waals surface area (Å²) in [6.07, 6.45) is -3.88. The van der Waals surface area contributed by atoms with E-state index in [1.165, 1.54) is 38.5 Å². The summed E-state index contributed by atoms with van der Waals surface area (Å²) in [4.78, 5) is 47.3. The Labute approximate surface area is 299 Å².